The summed E-state index contributed by atoms with van der Waals surface area (Å²) in [5.41, 5.74) is 5.60. The highest BCUT2D eigenvalue weighted by Crippen LogP contribution is 2.43. The van der Waals surface area contributed by atoms with Crippen molar-refractivity contribution in [2.24, 2.45) is 5.73 Å². The van der Waals surface area contributed by atoms with E-state index >= 15 is 0 Å². The predicted octanol–water partition coefficient (Wildman–Crippen LogP) is 0.963. The molecule has 1 heterocycles. The number of para-hydroxylation sites is 1. The average molecular weight is 245 g/mol. The number of aliphatic carboxylic acids is 1. The van der Waals surface area contributed by atoms with E-state index in [9.17, 15) is 13.6 Å². The molecule has 1 aromatic carbocycles. The first-order chi connectivity index (χ1) is 7.89. The van der Waals surface area contributed by atoms with Gasteiger partial charge in [-0.2, -0.15) is 0 Å². The van der Waals surface area contributed by atoms with Crippen LogP contribution < -0.4 is 15.2 Å². The number of carboxylic acid groups (broad SMARTS) is 1. The average Bonchev–Trinajstić information content (AvgIpc) is 2.53. The summed E-state index contributed by atoms with van der Waals surface area (Å²) in [7, 11) is 0. The Labute approximate surface area is 94.7 Å². The molecule has 5 nitrogen and oxygen atoms in total. The van der Waals surface area contributed by atoms with E-state index in [0.29, 0.717) is 0 Å². The molecule has 3 N–H and O–H groups in total. The van der Waals surface area contributed by atoms with E-state index in [1.54, 1.807) is 0 Å². The molecule has 0 radical (unpaired) electrons. The molecule has 0 bridgehead atoms. The van der Waals surface area contributed by atoms with Gasteiger partial charge in [0.15, 0.2) is 11.5 Å². The van der Waals surface area contributed by atoms with Gasteiger partial charge in [0.25, 0.3) is 0 Å². The largest absolute Gasteiger partial charge is 0.586 e. The lowest BCUT2D eigenvalue weighted by Crippen LogP contribution is -2.32. The van der Waals surface area contributed by atoms with Gasteiger partial charge >= 0.3 is 12.3 Å². The molecule has 0 saturated carbocycles. The number of hydrogen-bond acceptors (Lipinski definition) is 4. The maximum atomic E-state index is 12.8. The summed E-state index contributed by atoms with van der Waals surface area (Å²) in [5, 5.41) is 8.65. The van der Waals surface area contributed by atoms with Crippen molar-refractivity contribution in [3.63, 3.8) is 0 Å². The van der Waals surface area contributed by atoms with Gasteiger partial charge in [-0.05, 0) is 6.07 Å². The highest BCUT2D eigenvalue weighted by atomic mass is 19.3. The number of carbonyl (C=O) groups is 1. The van der Waals surface area contributed by atoms with Crippen LogP contribution in [0.25, 0.3) is 0 Å². The fourth-order valence-electron chi connectivity index (χ4n) is 1.51. The number of nitrogens with two attached hydrogens (primary N) is 1. The molecule has 17 heavy (non-hydrogen) atoms. The Kier molecular flexibility index (Phi) is 2.62. The zero-order chi connectivity index (χ0) is 12.6. The van der Waals surface area contributed by atoms with Crippen LogP contribution in [0.5, 0.6) is 11.5 Å². The monoisotopic (exact) mass is 245 g/mol. The second-order valence-corrected chi connectivity index (χ2v) is 3.56. The fourth-order valence-corrected chi connectivity index (χ4v) is 1.51. The molecule has 0 spiro atoms. The van der Waals surface area contributed by atoms with Gasteiger partial charge < -0.3 is 20.3 Å². The standard InChI is InChI=1S/C10H9F2NO4/c11-10(12)16-7-3-1-2-5(8(7)17-10)4-6(13)9(14)15/h1-3,6H,4,13H2,(H,14,15). The van der Waals surface area contributed by atoms with Gasteiger partial charge in [-0.25, -0.2) is 0 Å². The first kappa shape index (κ1) is 11.6. The van der Waals surface area contributed by atoms with Crippen LogP contribution in [0, 0.1) is 0 Å². The van der Waals surface area contributed by atoms with E-state index in [-0.39, 0.29) is 23.5 Å². The molecule has 0 amide bonds. The van der Waals surface area contributed by atoms with E-state index in [1.165, 1.54) is 18.2 Å². The van der Waals surface area contributed by atoms with Crippen molar-refractivity contribution in [1.29, 1.82) is 0 Å². The number of halogens is 2. The van der Waals surface area contributed by atoms with Crippen molar-refractivity contribution in [3.8, 4) is 11.5 Å². The summed E-state index contributed by atoms with van der Waals surface area (Å²) < 4.78 is 34.2. The second-order valence-electron chi connectivity index (χ2n) is 3.56. The molecule has 7 heteroatoms. The lowest BCUT2D eigenvalue weighted by molar-refractivity contribution is -0.286. The molecule has 92 valence electrons. The minimum Gasteiger partial charge on any atom is -0.480 e. The molecule has 0 aromatic heterocycles. The molecule has 1 aromatic rings. The third-order valence-electron chi connectivity index (χ3n) is 2.27. The molecule has 1 atom stereocenters. The predicted molar refractivity (Wildman–Crippen MR) is 52.0 cm³/mol. The van der Waals surface area contributed by atoms with Gasteiger partial charge in [0.05, 0.1) is 0 Å². The first-order valence-corrected chi connectivity index (χ1v) is 4.75. The van der Waals surface area contributed by atoms with E-state index in [2.05, 4.69) is 9.47 Å². The topological polar surface area (TPSA) is 81.8 Å². The summed E-state index contributed by atoms with van der Waals surface area (Å²) in [5.74, 6) is -1.49. The van der Waals surface area contributed by atoms with Crippen molar-refractivity contribution < 1.29 is 28.2 Å². The Morgan fingerprint density at radius 1 is 1.47 bits per heavy atom. The quantitative estimate of drug-likeness (QED) is 0.828. The van der Waals surface area contributed by atoms with Gasteiger partial charge in [-0.15, -0.1) is 8.78 Å². The lowest BCUT2D eigenvalue weighted by Gasteiger charge is -2.09. The van der Waals surface area contributed by atoms with Crippen molar-refractivity contribution in [2.75, 3.05) is 0 Å². The number of benzene rings is 1. The van der Waals surface area contributed by atoms with Crippen molar-refractivity contribution in [1.82, 2.24) is 0 Å². The number of ether oxygens (including phenoxy) is 2. The van der Waals surface area contributed by atoms with E-state index < -0.39 is 18.3 Å². The number of hydrogen-bond donors (Lipinski definition) is 2. The maximum absolute atomic E-state index is 12.8. The molecular formula is C10H9F2NO4. The highest BCUT2D eigenvalue weighted by molar-refractivity contribution is 5.73. The van der Waals surface area contributed by atoms with Gasteiger partial charge in [0.1, 0.15) is 6.04 Å². The van der Waals surface area contributed by atoms with Gasteiger partial charge in [-0.3, -0.25) is 4.79 Å². The number of carboxylic acids is 1. The van der Waals surface area contributed by atoms with Crippen molar-refractivity contribution >= 4 is 5.97 Å². The zero-order valence-electron chi connectivity index (χ0n) is 8.52. The molecule has 0 aliphatic carbocycles. The normalized spacial score (nSPS) is 17.8. The Morgan fingerprint density at radius 3 is 2.82 bits per heavy atom. The third-order valence-corrected chi connectivity index (χ3v) is 2.27. The molecule has 0 fully saturated rings. The Morgan fingerprint density at radius 2 is 2.18 bits per heavy atom. The summed E-state index contributed by atoms with van der Waals surface area (Å²) >= 11 is 0. The SMILES string of the molecule is NC(Cc1cccc2c1OC(F)(F)O2)C(=O)O. The van der Waals surface area contributed by atoms with Gasteiger partial charge in [-0.1, -0.05) is 12.1 Å². The molecule has 2 rings (SSSR count). The van der Waals surface area contributed by atoms with Gasteiger partial charge in [0.2, 0.25) is 0 Å². The summed E-state index contributed by atoms with van der Waals surface area (Å²) in [6.07, 6.45) is -3.83. The second kappa shape index (κ2) is 3.85. The smallest absolute Gasteiger partial charge is 0.480 e. The summed E-state index contributed by atoms with van der Waals surface area (Å²) in [4.78, 5) is 10.6. The van der Waals surface area contributed by atoms with Crippen LogP contribution in [0.1, 0.15) is 5.56 Å². The number of rotatable bonds is 3. The maximum Gasteiger partial charge on any atom is 0.586 e. The minimum atomic E-state index is -3.72. The van der Waals surface area contributed by atoms with Crippen LogP contribution in [0.15, 0.2) is 18.2 Å². The molecule has 1 aliphatic rings. The van der Waals surface area contributed by atoms with Crippen molar-refractivity contribution in [3.05, 3.63) is 23.8 Å². The number of fused-ring (bicyclic) bond motifs is 1. The Hall–Kier alpha value is -1.89. The summed E-state index contributed by atoms with van der Waals surface area (Å²) in [6.45, 7) is 0. The van der Waals surface area contributed by atoms with Gasteiger partial charge in [0, 0.05) is 12.0 Å². The summed E-state index contributed by atoms with van der Waals surface area (Å²) in [6, 6.07) is 3.06. The Balaban J connectivity index is 2.27. The van der Waals surface area contributed by atoms with Crippen LogP contribution in [-0.4, -0.2) is 23.4 Å². The zero-order valence-corrected chi connectivity index (χ0v) is 8.52. The highest BCUT2D eigenvalue weighted by Gasteiger charge is 2.44. The third kappa shape index (κ3) is 2.28. The number of alkyl halides is 2. The van der Waals surface area contributed by atoms with Crippen LogP contribution in [-0.2, 0) is 11.2 Å². The van der Waals surface area contributed by atoms with Crippen molar-refractivity contribution in [2.45, 2.75) is 18.8 Å². The van der Waals surface area contributed by atoms with E-state index in [4.69, 9.17) is 10.8 Å². The Bertz CT molecular complexity index is 464. The molecule has 1 unspecified atom stereocenters. The van der Waals surface area contributed by atoms with Crippen LogP contribution in [0.4, 0.5) is 8.78 Å². The fraction of sp³-hybridized carbons (Fsp3) is 0.300. The molecule has 0 saturated heterocycles. The van der Waals surface area contributed by atoms with Crippen LogP contribution >= 0.6 is 0 Å². The first-order valence-electron chi connectivity index (χ1n) is 4.75. The minimum absolute atomic E-state index is 0.113. The van der Waals surface area contributed by atoms with Crippen LogP contribution in [0.2, 0.25) is 0 Å². The lowest BCUT2D eigenvalue weighted by atomic mass is 10.1. The van der Waals surface area contributed by atoms with E-state index in [1.807, 2.05) is 0 Å². The van der Waals surface area contributed by atoms with E-state index in [0.717, 1.165) is 0 Å². The molecule has 1 aliphatic heterocycles. The molecular weight excluding hydrogens is 236 g/mol. The van der Waals surface area contributed by atoms with Crippen LogP contribution in [0.3, 0.4) is 0 Å².